The summed E-state index contributed by atoms with van der Waals surface area (Å²) in [5, 5.41) is 0.933. The van der Waals surface area contributed by atoms with E-state index in [2.05, 4.69) is 0 Å². The average molecular weight is 360 g/mol. The molecule has 1 saturated heterocycles. The Balaban J connectivity index is 1.85. The molecule has 4 heteroatoms. The van der Waals surface area contributed by atoms with E-state index in [1.54, 1.807) is 7.11 Å². The molecule has 2 heterocycles. The summed E-state index contributed by atoms with van der Waals surface area (Å²) in [6, 6.07) is 15.8. The van der Waals surface area contributed by atoms with Crippen molar-refractivity contribution >= 4 is 16.8 Å². The van der Waals surface area contributed by atoms with Gasteiger partial charge in [0.15, 0.2) is 0 Å². The summed E-state index contributed by atoms with van der Waals surface area (Å²) < 4.78 is 5.25. The standard InChI is InChI=1S/C23H24N2O2/c1-16-7-6-8-19-20(23(26)25-13-4-3-5-14-25)15-21(24-22(16)19)17-9-11-18(27-2)12-10-17/h6-12,15H,3-5,13-14H2,1-2H3. The van der Waals surface area contributed by atoms with Crippen LogP contribution in [-0.2, 0) is 0 Å². The lowest BCUT2D eigenvalue weighted by atomic mass is 10.00. The van der Waals surface area contributed by atoms with E-state index >= 15 is 0 Å². The molecule has 0 atom stereocenters. The number of piperidine rings is 1. The number of benzene rings is 2. The first-order valence-electron chi connectivity index (χ1n) is 9.51. The number of pyridine rings is 1. The number of likely N-dealkylation sites (tertiary alicyclic amines) is 1. The molecule has 1 aromatic heterocycles. The van der Waals surface area contributed by atoms with Gasteiger partial charge in [-0.05, 0) is 62.1 Å². The van der Waals surface area contributed by atoms with Crippen LogP contribution in [0.3, 0.4) is 0 Å². The van der Waals surface area contributed by atoms with Crippen molar-refractivity contribution in [2.45, 2.75) is 26.2 Å². The minimum Gasteiger partial charge on any atom is -0.497 e. The summed E-state index contributed by atoms with van der Waals surface area (Å²) in [7, 11) is 1.65. The van der Waals surface area contributed by atoms with E-state index in [0.717, 1.165) is 65.0 Å². The van der Waals surface area contributed by atoms with Gasteiger partial charge in [-0.15, -0.1) is 0 Å². The normalized spacial score (nSPS) is 14.4. The van der Waals surface area contributed by atoms with Gasteiger partial charge in [0.25, 0.3) is 5.91 Å². The SMILES string of the molecule is COc1ccc(-c2cc(C(=O)N3CCCCC3)c3cccc(C)c3n2)cc1. The number of carbonyl (C=O) groups is 1. The van der Waals surface area contributed by atoms with Crippen LogP contribution < -0.4 is 4.74 Å². The summed E-state index contributed by atoms with van der Waals surface area (Å²) in [4.78, 5) is 20.1. The Labute approximate surface area is 159 Å². The predicted octanol–water partition coefficient (Wildman–Crippen LogP) is 4.84. The van der Waals surface area contributed by atoms with Crippen molar-refractivity contribution in [3.63, 3.8) is 0 Å². The van der Waals surface area contributed by atoms with Gasteiger partial charge in [-0.25, -0.2) is 4.98 Å². The number of para-hydroxylation sites is 1. The molecule has 27 heavy (non-hydrogen) atoms. The molecule has 0 saturated carbocycles. The first-order valence-corrected chi connectivity index (χ1v) is 9.51. The maximum Gasteiger partial charge on any atom is 0.254 e. The number of amides is 1. The fourth-order valence-corrected chi connectivity index (χ4v) is 3.75. The highest BCUT2D eigenvalue weighted by Gasteiger charge is 2.22. The molecule has 1 amide bonds. The van der Waals surface area contributed by atoms with Crippen molar-refractivity contribution in [3.05, 3.63) is 59.7 Å². The van der Waals surface area contributed by atoms with Crippen molar-refractivity contribution in [1.82, 2.24) is 9.88 Å². The summed E-state index contributed by atoms with van der Waals surface area (Å²) in [5.74, 6) is 0.919. The Hall–Kier alpha value is -2.88. The number of nitrogens with zero attached hydrogens (tertiary/aromatic N) is 2. The molecule has 0 unspecified atom stereocenters. The summed E-state index contributed by atoms with van der Waals surface area (Å²) in [6.45, 7) is 3.72. The zero-order chi connectivity index (χ0) is 18.8. The van der Waals surface area contributed by atoms with Crippen LogP contribution in [0.2, 0.25) is 0 Å². The third kappa shape index (κ3) is 3.39. The Morgan fingerprint density at radius 2 is 1.78 bits per heavy atom. The second-order valence-corrected chi connectivity index (χ2v) is 7.11. The predicted molar refractivity (Wildman–Crippen MR) is 108 cm³/mol. The lowest BCUT2D eigenvalue weighted by molar-refractivity contribution is 0.0726. The van der Waals surface area contributed by atoms with E-state index in [-0.39, 0.29) is 5.91 Å². The molecule has 1 fully saturated rings. The van der Waals surface area contributed by atoms with Crippen LogP contribution in [0.4, 0.5) is 0 Å². The van der Waals surface area contributed by atoms with Crippen LogP contribution in [0.15, 0.2) is 48.5 Å². The van der Waals surface area contributed by atoms with Crippen LogP contribution >= 0.6 is 0 Å². The second kappa shape index (κ2) is 7.39. The number of ether oxygens (including phenoxy) is 1. The van der Waals surface area contributed by atoms with Crippen molar-refractivity contribution in [3.8, 4) is 17.0 Å². The Bertz CT molecular complexity index is 974. The summed E-state index contributed by atoms with van der Waals surface area (Å²) >= 11 is 0. The van der Waals surface area contributed by atoms with Crippen LogP contribution in [0.5, 0.6) is 5.75 Å². The number of aryl methyl sites for hydroxylation is 1. The van der Waals surface area contributed by atoms with Gasteiger partial charge in [0.05, 0.1) is 23.9 Å². The zero-order valence-electron chi connectivity index (χ0n) is 15.9. The fraction of sp³-hybridized carbons (Fsp3) is 0.304. The molecular formula is C23H24N2O2. The quantitative estimate of drug-likeness (QED) is 0.671. The highest BCUT2D eigenvalue weighted by Crippen LogP contribution is 2.29. The topological polar surface area (TPSA) is 42.4 Å². The first-order chi connectivity index (χ1) is 13.2. The van der Waals surface area contributed by atoms with E-state index in [1.165, 1.54) is 6.42 Å². The molecule has 0 N–H and O–H groups in total. The number of carbonyl (C=O) groups excluding carboxylic acids is 1. The number of aromatic nitrogens is 1. The fourth-order valence-electron chi connectivity index (χ4n) is 3.75. The van der Waals surface area contributed by atoms with Crippen LogP contribution in [-0.4, -0.2) is 36.0 Å². The lowest BCUT2D eigenvalue weighted by Crippen LogP contribution is -2.35. The smallest absolute Gasteiger partial charge is 0.254 e. The molecule has 1 aliphatic heterocycles. The first kappa shape index (κ1) is 17.5. The van der Waals surface area contributed by atoms with Gasteiger partial charge in [0.2, 0.25) is 0 Å². The Morgan fingerprint density at radius 1 is 1.04 bits per heavy atom. The zero-order valence-corrected chi connectivity index (χ0v) is 15.9. The molecular weight excluding hydrogens is 336 g/mol. The van der Waals surface area contributed by atoms with E-state index < -0.39 is 0 Å². The largest absolute Gasteiger partial charge is 0.497 e. The molecule has 138 valence electrons. The van der Waals surface area contributed by atoms with Crippen molar-refractivity contribution in [2.75, 3.05) is 20.2 Å². The van der Waals surface area contributed by atoms with E-state index in [0.29, 0.717) is 0 Å². The monoisotopic (exact) mass is 360 g/mol. The van der Waals surface area contributed by atoms with Gasteiger partial charge in [0, 0.05) is 24.0 Å². The van der Waals surface area contributed by atoms with E-state index in [9.17, 15) is 4.79 Å². The van der Waals surface area contributed by atoms with Crippen molar-refractivity contribution in [2.24, 2.45) is 0 Å². The Kier molecular flexibility index (Phi) is 4.80. The lowest BCUT2D eigenvalue weighted by Gasteiger charge is -2.27. The third-order valence-electron chi connectivity index (χ3n) is 5.30. The molecule has 0 spiro atoms. The maximum atomic E-state index is 13.3. The number of hydrogen-bond acceptors (Lipinski definition) is 3. The number of hydrogen-bond donors (Lipinski definition) is 0. The van der Waals surface area contributed by atoms with Gasteiger partial charge < -0.3 is 9.64 Å². The minimum atomic E-state index is 0.113. The highest BCUT2D eigenvalue weighted by molar-refractivity contribution is 6.07. The number of fused-ring (bicyclic) bond motifs is 1. The molecule has 0 radical (unpaired) electrons. The molecule has 4 nitrogen and oxygen atoms in total. The summed E-state index contributed by atoms with van der Waals surface area (Å²) in [6.07, 6.45) is 3.37. The van der Waals surface area contributed by atoms with Gasteiger partial charge in [0.1, 0.15) is 5.75 Å². The van der Waals surface area contributed by atoms with Gasteiger partial charge >= 0.3 is 0 Å². The minimum absolute atomic E-state index is 0.113. The van der Waals surface area contributed by atoms with Crippen LogP contribution in [0.1, 0.15) is 35.2 Å². The van der Waals surface area contributed by atoms with E-state index in [1.807, 2.05) is 60.4 Å². The van der Waals surface area contributed by atoms with Crippen molar-refractivity contribution in [1.29, 1.82) is 0 Å². The van der Waals surface area contributed by atoms with Crippen LogP contribution in [0, 0.1) is 6.92 Å². The van der Waals surface area contributed by atoms with Crippen molar-refractivity contribution < 1.29 is 9.53 Å². The molecule has 2 aromatic carbocycles. The Morgan fingerprint density at radius 3 is 2.48 bits per heavy atom. The summed E-state index contributed by atoms with van der Waals surface area (Å²) in [5.41, 5.74) is 4.52. The molecule has 0 bridgehead atoms. The van der Waals surface area contributed by atoms with Gasteiger partial charge in [-0.1, -0.05) is 18.2 Å². The maximum absolute atomic E-state index is 13.3. The number of rotatable bonds is 3. The van der Waals surface area contributed by atoms with E-state index in [4.69, 9.17) is 9.72 Å². The third-order valence-corrected chi connectivity index (χ3v) is 5.30. The second-order valence-electron chi connectivity index (χ2n) is 7.11. The number of methoxy groups -OCH3 is 1. The van der Waals surface area contributed by atoms with Crippen LogP contribution in [0.25, 0.3) is 22.2 Å². The van der Waals surface area contributed by atoms with Gasteiger partial charge in [-0.2, -0.15) is 0 Å². The molecule has 1 aliphatic rings. The molecule has 4 rings (SSSR count). The molecule has 0 aliphatic carbocycles. The highest BCUT2D eigenvalue weighted by atomic mass is 16.5. The average Bonchev–Trinajstić information content (AvgIpc) is 2.73. The molecule has 3 aromatic rings. The van der Waals surface area contributed by atoms with Gasteiger partial charge in [-0.3, -0.25) is 4.79 Å².